The van der Waals surface area contributed by atoms with Gasteiger partial charge < -0.3 is 4.42 Å². The first kappa shape index (κ1) is 8.44. The number of benzene rings is 1. The number of hydrogen-bond acceptors (Lipinski definition) is 3. The monoisotopic (exact) mass is 238 g/mol. The topological polar surface area (TPSA) is 38.9 Å². The van der Waals surface area contributed by atoms with Crippen molar-refractivity contribution < 1.29 is 4.42 Å². The molecule has 2 rings (SSSR count). The fraction of sp³-hybridized carbons (Fsp3) is 0.111. The Hall–Kier alpha value is -1.16. The Kier molecular flexibility index (Phi) is 2.40. The molecule has 2 aromatic rings. The molecule has 0 amide bonds. The molecule has 66 valence electrons. The van der Waals surface area contributed by atoms with Gasteiger partial charge in [0.1, 0.15) is 0 Å². The van der Waals surface area contributed by atoms with Gasteiger partial charge in [-0.2, -0.15) is 0 Å². The van der Waals surface area contributed by atoms with Crippen molar-refractivity contribution in [3.05, 3.63) is 46.6 Å². The summed E-state index contributed by atoms with van der Waals surface area (Å²) in [6.45, 7) is 0. The lowest BCUT2D eigenvalue weighted by Gasteiger charge is -1.96. The van der Waals surface area contributed by atoms with E-state index >= 15 is 0 Å². The van der Waals surface area contributed by atoms with E-state index in [2.05, 4.69) is 26.1 Å². The van der Waals surface area contributed by atoms with E-state index in [-0.39, 0.29) is 0 Å². The zero-order chi connectivity index (χ0) is 9.10. The standard InChI is InChI=1S/C9H7BrN2O/c10-8-3-1-2-7(4-8)5-9-12-11-6-13-9/h1-4,6H,5H2. The molecule has 0 bridgehead atoms. The Morgan fingerprint density at radius 2 is 2.31 bits per heavy atom. The number of rotatable bonds is 2. The highest BCUT2D eigenvalue weighted by atomic mass is 79.9. The molecular weight excluding hydrogens is 232 g/mol. The molecule has 1 aromatic heterocycles. The van der Waals surface area contributed by atoms with Crippen LogP contribution in [0.25, 0.3) is 0 Å². The maximum atomic E-state index is 5.04. The van der Waals surface area contributed by atoms with Gasteiger partial charge in [0, 0.05) is 4.47 Å². The molecule has 0 radical (unpaired) electrons. The summed E-state index contributed by atoms with van der Waals surface area (Å²) in [5.74, 6) is 0.637. The van der Waals surface area contributed by atoms with Crippen molar-refractivity contribution in [2.45, 2.75) is 6.42 Å². The van der Waals surface area contributed by atoms with Gasteiger partial charge in [-0.1, -0.05) is 28.1 Å². The second-order valence-corrected chi connectivity index (χ2v) is 3.55. The van der Waals surface area contributed by atoms with Gasteiger partial charge >= 0.3 is 0 Å². The zero-order valence-electron chi connectivity index (χ0n) is 6.77. The summed E-state index contributed by atoms with van der Waals surface area (Å²) in [7, 11) is 0. The summed E-state index contributed by atoms with van der Waals surface area (Å²) in [6.07, 6.45) is 2.02. The van der Waals surface area contributed by atoms with E-state index in [4.69, 9.17) is 4.42 Å². The minimum Gasteiger partial charge on any atom is -0.428 e. The molecule has 0 saturated heterocycles. The minimum absolute atomic E-state index is 0.637. The van der Waals surface area contributed by atoms with E-state index in [0.29, 0.717) is 12.3 Å². The Labute approximate surface area is 83.9 Å². The molecule has 1 heterocycles. The summed E-state index contributed by atoms with van der Waals surface area (Å²) < 4.78 is 6.10. The van der Waals surface area contributed by atoms with Gasteiger partial charge in [-0.25, -0.2) is 0 Å². The van der Waals surface area contributed by atoms with E-state index in [1.165, 1.54) is 6.39 Å². The van der Waals surface area contributed by atoms with Gasteiger partial charge in [0.05, 0.1) is 6.42 Å². The van der Waals surface area contributed by atoms with Crippen LogP contribution in [0.5, 0.6) is 0 Å². The Bertz CT molecular complexity index is 386. The van der Waals surface area contributed by atoms with Crippen LogP contribution in [-0.2, 0) is 6.42 Å². The van der Waals surface area contributed by atoms with Crippen LogP contribution in [0.4, 0.5) is 0 Å². The highest BCUT2D eigenvalue weighted by molar-refractivity contribution is 9.10. The average Bonchev–Trinajstić information content (AvgIpc) is 2.57. The van der Waals surface area contributed by atoms with Crippen molar-refractivity contribution in [2.75, 3.05) is 0 Å². The third kappa shape index (κ3) is 2.15. The average molecular weight is 239 g/mol. The summed E-state index contributed by atoms with van der Waals surface area (Å²) in [5, 5.41) is 7.42. The van der Waals surface area contributed by atoms with E-state index < -0.39 is 0 Å². The summed E-state index contributed by atoms with van der Waals surface area (Å²) in [5.41, 5.74) is 1.15. The second kappa shape index (κ2) is 3.70. The third-order valence-electron chi connectivity index (χ3n) is 1.65. The van der Waals surface area contributed by atoms with Crippen molar-refractivity contribution in [1.82, 2.24) is 10.2 Å². The van der Waals surface area contributed by atoms with Gasteiger partial charge in [0.15, 0.2) is 0 Å². The number of nitrogens with zero attached hydrogens (tertiary/aromatic N) is 2. The van der Waals surface area contributed by atoms with Gasteiger partial charge in [0.25, 0.3) is 0 Å². The minimum atomic E-state index is 0.637. The maximum Gasteiger partial charge on any atom is 0.220 e. The lowest BCUT2D eigenvalue weighted by Crippen LogP contribution is -1.87. The Balaban J connectivity index is 2.19. The molecule has 0 fully saturated rings. The number of hydrogen-bond donors (Lipinski definition) is 0. The first-order valence-corrected chi connectivity index (χ1v) is 4.63. The van der Waals surface area contributed by atoms with Crippen molar-refractivity contribution >= 4 is 15.9 Å². The predicted octanol–water partition coefficient (Wildman–Crippen LogP) is 2.42. The SMILES string of the molecule is Brc1cccc(Cc2nnco2)c1. The zero-order valence-corrected chi connectivity index (χ0v) is 8.36. The van der Waals surface area contributed by atoms with E-state index in [1.807, 2.05) is 24.3 Å². The molecule has 0 spiro atoms. The highest BCUT2D eigenvalue weighted by Crippen LogP contribution is 2.13. The lowest BCUT2D eigenvalue weighted by molar-refractivity contribution is 0.505. The maximum absolute atomic E-state index is 5.04. The van der Waals surface area contributed by atoms with Crippen LogP contribution >= 0.6 is 15.9 Å². The second-order valence-electron chi connectivity index (χ2n) is 2.64. The molecule has 4 heteroatoms. The lowest BCUT2D eigenvalue weighted by atomic mass is 10.1. The largest absolute Gasteiger partial charge is 0.428 e. The molecule has 3 nitrogen and oxygen atoms in total. The van der Waals surface area contributed by atoms with Crippen LogP contribution < -0.4 is 0 Å². The van der Waals surface area contributed by atoms with Crippen LogP contribution in [-0.4, -0.2) is 10.2 Å². The smallest absolute Gasteiger partial charge is 0.220 e. The normalized spacial score (nSPS) is 10.2. The van der Waals surface area contributed by atoms with Crippen molar-refractivity contribution in [1.29, 1.82) is 0 Å². The van der Waals surface area contributed by atoms with E-state index in [1.54, 1.807) is 0 Å². The van der Waals surface area contributed by atoms with Crippen LogP contribution in [0.1, 0.15) is 11.5 Å². The molecule has 0 aliphatic carbocycles. The van der Waals surface area contributed by atoms with Crippen molar-refractivity contribution in [2.24, 2.45) is 0 Å². The quantitative estimate of drug-likeness (QED) is 0.807. The molecule has 1 aromatic carbocycles. The molecule has 0 saturated carbocycles. The third-order valence-corrected chi connectivity index (χ3v) is 2.14. The van der Waals surface area contributed by atoms with E-state index in [0.717, 1.165) is 10.0 Å². The van der Waals surface area contributed by atoms with Crippen LogP contribution in [0.2, 0.25) is 0 Å². The van der Waals surface area contributed by atoms with Crippen LogP contribution in [0.15, 0.2) is 39.5 Å². The highest BCUT2D eigenvalue weighted by Gasteiger charge is 2.00. The number of halogens is 1. The fourth-order valence-electron chi connectivity index (χ4n) is 1.09. The van der Waals surface area contributed by atoms with Crippen LogP contribution in [0, 0.1) is 0 Å². The fourth-order valence-corrected chi connectivity index (χ4v) is 1.54. The molecule has 0 N–H and O–H groups in total. The summed E-state index contributed by atoms with van der Waals surface area (Å²) in [4.78, 5) is 0. The predicted molar refractivity (Wildman–Crippen MR) is 51.2 cm³/mol. The molecule has 0 aliphatic rings. The summed E-state index contributed by atoms with van der Waals surface area (Å²) in [6, 6.07) is 8.02. The Morgan fingerprint density at radius 1 is 1.38 bits per heavy atom. The first-order valence-electron chi connectivity index (χ1n) is 3.84. The van der Waals surface area contributed by atoms with Gasteiger partial charge in [-0.05, 0) is 17.7 Å². The van der Waals surface area contributed by atoms with Gasteiger partial charge in [-0.3, -0.25) is 0 Å². The van der Waals surface area contributed by atoms with Gasteiger partial charge in [0.2, 0.25) is 12.3 Å². The van der Waals surface area contributed by atoms with Gasteiger partial charge in [-0.15, -0.1) is 10.2 Å². The Morgan fingerprint density at radius 3 is 3.00 bits per heavy atom. The first-order chi connectivity index (χ1) is 6.34. The van der Waals surface area contributed by atoms with E-state index in [9.17, 15) is 0 Å². The number of aromatic nitrogens is 2. The van der Waals surface area contributed by atoms with Crippen molar-refractivity contribution in [3.8, 4) is 0 Å². The molecule has 13 heavy (non-hydrogen) atoms. The molecule has 0 aliphatic heterocycles. The van der Waals surface area contributed by atoms with Crippen molar-refractivity contribution in [3.63, 3.8) is 0 Å². The molecule has 0 atom stereocenters. The molecular formula is C9H7BrN2O. The van der Waals surface area contributed by atoms with Crippen LogP contribution in [0.3, 0.4) is 0 Å². The summed E-state index contributed by atoms with van der Waals surface area (Å²) >= 11 is 3.40. The molecule has 0 unspecified atom stereocenters.